The lowest BCUT2D eigenvalue weighted by Crippen LogP contribution is -2.29. The molecule has 122 valence electrons. The minimum absolute atomic E-state index is 0.0557. The molecular weight excluding hydrogens is 326 g/mol. The lowest BCUT2D eigenvalue weighted by Gasteiger charge is -2.27. The number of rotatable bonds is 3. The third kappa shape index (κ3) is 2.93. The Morgan fingerprint density at radius 1 is 1.42 bits per heavy atom. The molecule has 2 aromatic rings. The maximum atomic E-state index is 10.9. The van der Waals surface area contributed by atoms with Crippen LogP contribution >= 0.6 is 11.6 Å². The zero-order valence-electron chi connectivity index (χ0n) is 13.1. The normalized spacial score (nSPS) is 20.0. The predicted molar refractivity (Wildman–Crippen MR) is 91.5 cm³/mol. The van der Waals surface area contributed by atoms with E-state index in [0.717, 1.165) is 24.2 Å². The largest absolute Gasteiger partial charge is 0.477 e. The molecule has 24 heavy (non-hydrogen) atoms. The number of anilines is 1. The van der Waals surface area contributed by atoms with Gasteiger partial charge in [0.25, 0.3) is 0 Å². The monoisotopic (exact) mass is 341 g/mol. The van der Waals surface area contributed by atoms with E-state index in [0.29, 0.717) is 10.6 Å². The predicted octanol–water partition coefficient (Wildman–Crippen LogP) is 3.69. The van der Waals surface area contributed by atoms with Crippen LogP contribution in [0, 0.1) is 11.3 Å². The van der Waals surface area contributed by atoms with Crippen LogP contribution in [0.3, 0.4) is 0 Å². The molecule has 0 radical (unpaired) electrons. The molecule has 1 fully saturated rings. The number of hydrogen-bond acceptors (Lipinski definition) is 4. The fraction of sp³-hybridized carbons (Fsp3) is 0.278. The van der Waals surface area contributed by atoms with Crippen molar-refractivity contribution in [3.05, 3.63) is 58.4 Å². The Balaban J connectivity index is 1.82. The average molecular weight is 342 g/mol. The van der Waals surface area contributed by atoms with Gasteiger partial charge in [-0.25, -0.2) is 9.78 Å². The fourth-order valence-electron chi connectivity index (χ4n) is 3.27. The van der Waals surface area contributed by atoms with Gasteiger partial charge in [0.15, 0.2) is 0 Å². The SMILES string of the molecule is C[C@H]1C(c2ccc(C(=O)O)nc2)CCN1c1ccc(C#N)c(Cl)c1. The Hall–Kier alpha value is -2.58. The summed E-state index contributed by atoms with van der Waals surface area (Å²) in [5.74, 6) is -0.746. The summed E-state index contributed by atoms with van der Waals surface area (Å²) in [7, 11) is 0. The Morgan fingerprint density at radius 2 is 2.21 bits per heavy atom. The Morgan fingerprint density at radius 3 is 2.79 bits per heavy atom. The minimum atomic E-state index is -1.02. The van der Waals surface area contributed by atoms with Crippen LogP contribution in [-0.4, -0.2) is 28.6 Å². The van der Waals surface area contributed by atoms with E-state index >= 15 is 0 Å². The van der Waals surface area contributed by atoms with Gasteiger partial charge in [0.05, 0.1) is 10.6 Å². The van der Waals surface area contributed by atoms with E-state index in [1.54, 1.807) is 18.3 Å². The lowest BCUT2D eigenvalue weighted by atomic mass is 9.94. The number of nitriles is 1. The van der Waals surface area contributed by atoms with Crippen LogP contribution < -0.4 is 4.90 Å². The smallest absolute Gasteiger partial charge is 0.354 e. The molecule has 1 aromatic carbocycles. The van der Waals surface area contributed by atoms with Gasteiger partial charge < -0.3 is 10.0 Å². The zero-order valence-corrected chi connectivity index (χ0v) is 13.9. The summed E-state index contributed by atoms with van der Waals surface area (Å²) in [5, 5.41) is 18.4. The molecule has 0 spiro atoms. The molecule has 0 amide bonds. The van der Waals surface area contributed by atoms with Gasteiger partial charge in [0.1, 0.15) is 11.8 Å². The van der Waals surface area contributed by atoms with Gasteiger partial charge in [-0.2, -0.15) is 5.26 Å². The summed E-state index contributed by atoms with van der Waals surface area (Å²) in [6.07, 6.45) is 2.60. The third-order valence-electron chi connectivity index (χ3n) is 4.59. The molecule has 6 heteroatoms. The van der Waals surface area contributed by atoms with Gasteiger partial charge in [0.2, 0.25) is 0 Å². The number of pyridine rings is 1. The number of nitrogens with zero attached hydrogens (tertiary/aromatic N) is 3. The van der Waals surface area contributed by atoms with E-state index in [4.69, 9.17) is 22.0 Å². The Labute approximate surface area is 145 Å². The van der Waals surface area contributed by atoms with Gasteiger partial charge in [-0.15, -0.1) is 0 Å². The standard InChI is InChI=1S/C18H16ClN3O2/c1-11-15(13-3-5-17(18(23)24)21-10-13)6-7-22(11)14-4-2-12(9-20)16(19)8-14/h2-5,8,10-11,15H,6-7H2,1H3,(H,23,24)/t11-,15?/m0/s1. The molecule has 5 nitrogen and oxygen atoms in total. The van der Waals surface area contributed by atoms with Crippen molar-refractivity contribution in [2.45, 2.75) is 25.3 Å². The number of carbonyl (C=O) groups is 1. The first-order chi connectivity index (χ1) is 11.5. The van der Waals surface area contributed by atoms with Crippen molar-refractivity contribution in [3.8, 4) is 6.07 Å². The second-order valence-electron chi connectivity index (χ2n) is 5.89. The lowest BCUT2D eigenvalue weighted by molar-refractivity contribution is 0.0690. The van der Waals surface area contributed by atoms with Crippen molar-refractivity contribution in [2.24, 2.45) is 0 Å². The Kier molecular flexibility index (Phi) is 4.41. The van der Waals surface area contributed by atoms with Crippen LogP contribution in [0.15, 0.2) is 36.5 Å². The van der Waals surface area contributed by atoms with E-state index < -0.39 is 5.97 Å². The fourth-order valence-corrected chi connectivity index (χ4v) is 3.49. The minimum Gasteiger partial charge on any atom is -0.477 e. The highest BCUT2D eigenvalue weighted by atomic mass is 35.5. The molecule has 1 saturated heterocycles. The summed E-state index contributed by atoms with van der Waals surface area (Å²) >= 11 is 6.14. The highest BCUT2D eigenvalue weighted by Crippen LogP contribution is 2.37. The number of carboxylic acid groups (broad SMARTS) is 1. The molecule has 0 saturated carbocycles. The maximum Gasteiger partial charge on any atom is 0.354 e. The van der Waals surface area contributed by atoms with Crippen molar-refractivity contribution in [1.82, 2.24) is 4.98 Å². The van der Waals surface area contributed by atoms with Crippen molar-refractivity contribution >= 4 is 23.3 Å². The number of carboxylic acids is 1. The van der Waals surface area contributed by atoms with Crippen LogP contribution in [0.1, 0.15) is 40.9 Å². The topological polar surface area (TPSA) is 77.2 Å². The van der Waals surface area contributed by atoms with Gasteiger partial charge in [-0.3, -0.25) is 0 Å². The van der Waals surface area contributed by atoms with Crippen LogP contribution in [0.4, 0.5) is 5.69 Å². The second kappa shape index (κ2) is 6.50. The van der Waals surface area contributed by atoms with Crippen LogP contribution in [0.2, 0.25) is 5.02 Å². The summed E-state index contributed by atoms with van der Waals surface area (Å²) in [6, 6.07) is 11.2. The van der Waals surface area contributed by atoms with E-state index in [1.165, 1.54) is 0 Å². The maximum absolute atomic E-state index is 10.9. The third-order valence-corrected chi connectivity index (χ3v) is 4.91. The van der Waals surface area contributed by atoms with Crippen molar-refractivity contribution in [3.63, 3.8) is 0 Å². The van der Waals surface area contributed by atoms with Crippen molar-refractivity contribution in [1.29, 1.82) is 5.26 Å². The number of aromatic carboxylic acids is 1. The van der Waals surface area contributed by atoms with E-state index in [2.05, 4.69) is 22.9 Å². The van der Waals surface area contributed by atoms with E-state index in [1.807, 2.05) is 18.2 Å². The highest BCUT2D eigenvalue weighted by molar-refractivity contribution is 6.32. The van der Waals surface area contributed by atoms with Gasteiger partial charge >= 0.3 is 5.97 Å². The molecule has 1 N–H and O–H groups in total. The summed E-state index contributed by atoms with van der Waals surface area (Å²) < 4.78 is 0. The van der Waals surface area contributed by atoms with Gasteiger partial charge in [-0.05, 0) is 43.2 Å². The molecule has 3 rings (SSSR count). The first-order valence-electron chi connectivity index (χ1n) is 7.67. The molecule has 2 heterocycles. The molecule has 2 atom stereocenters. The van der Waals surface area contributed by atoms with Crippen LogP contribution in [0.25, 0.3) is 0 Å². The second-order valence-corrected chi connectivity index (χ2v) is 6.29. The summed E-state index contributed by atoms with van der Waals surface area (Å²) in [6.45, 7) is 3.00. The first kappa shape index (κ1) is 16.3. The van der Waals surface area contributed by atoms with Gasteiger partial charge in [0, 0.05) is 30.4 Å². The number of aromatic nitrogens is 1. The average Bonchev–Trinajstić information content (AvgIpc) is 2.96. The van der Waals surface area contributed by atoms with E-state index in [-0.39, 0.29) is 17.7 Å². The molecule has 0 bridgehead atoms. The van der Waals surface area contributed by atoms with Crippen LogP contribution in [-0.2, 0) is 0 Å². The molecule has 1 unspecified atom stereocenters. The molecule has 0 aliphatic carbocycles. The van der Waals surface area contributed by atoms with Crippen molar-refractivity contribution in [2.75, 3.05) is 11.4 Å². The number of hydrogen-bond donors (Lipinski definition) is 1. The number of halogens is 1. The van der Waals surface area contributed by atoms with Gasteiger partial charge in [-0.1, -0.05) is 17.7 Å². The van der Waals surface area contributed by atoms with Crippen LogP contribution in [0.5, 0.6) is 0 Å². The molecule has 1 aliphatic rings. The number of benzene rings is 1. The van der Waals surface area contributed by atoms with Crippen molar-refractivity contribution < 1.29 is 9.90 Å². The zero-order chi connectivity index (χ0) is 17.3. The first-order valence-corrected chi connectivity index (χ1v) is 8.04. The quantitative estimate of drug-likeness (QED) is 0.921. The molecular formula is C18H16ClN3O2. The molecule has 1 aromatic heterocycles. The summed E-state index contributed by atoms with van der Waals surface area (Å²) in [5.41, 5.74) is 2.55. The highest BCUT2D eigenvalue weighted by Gasteiger charge is 2.32. The van der Waals surface area contributed by atoms with E-state index in [9.17, 15) is 4.79 Å². The Bertz CT molecular complexity index is 814. The summed E-state index contributed by atoms with van der Waals surface area (Å²) in [4.78, 5) is 17.2. The molecule has 1 aliphatic heterocycles.